The molecule has 0 unspecified atom stereocenters. The molecule has 34 heavy (non-hydrogen) atoms. The quantitative estimate of drug-likeness (QED) is 0.260. The van der Waals surface area contributed by atoms with Gasteiger partial charge in [-0.1, -0.05) is 103 Å². The van der Waals surface area contributed by atoms with Gasteiger partial charge in [-0.3, -0.25) is 0 Å². The summed E-state index contributed by atoms with van der Waals surface area (Å²) in [5.41, 5.74) is 9.50. The third-order valence-corrected chi connectivity index (χ3v) is 7.79. The van der Waals surface area contributed by atoms with Crippen molar-refractivity contribution in [3.63, 3.8) is 0 Å². The molecule has 0 atom stereocenters. The third-order valence-electron chi connectivity index (χ3n) is 6.78. The maximum absolute atomic E-state index is 2.30. The van der Waals surface area contributed by atoms with Crippen LogP contribution in [0.2, 0.25) is 0 Å². The second-order valence-corrected chi connectivity index (χ2v) is 10.1. The molecule has 0 heterocycles. The Bertz CT molecular complexity index is 1500. The van der Waals surface area contributed by atoms with Crippen LogP contribution in [0, 0.1) is 6.92 Å². The van der Waals surface area contributed by atoms with E-state index in [0.717, 1.165) is 12.8 Å². The van der Waals surface area contributed by atoms with Gasteiger partial charge in [-0.15, -0.1) is 0 Å². The van der Waals surface area contributed by atoms with Crippen LogP contribution in [-0.2, 0) is 6.42 Å². The normalized spacial score (nSPS) is 12.6. The Labute approximate surface area is 206 Å². The van der Waals surface area contributed by atoms with Gasteiger partial charge in [0.15, 0.2) is 0 Å². The van der Waals surface area contributed by atoms with E-state index in [4.69, 9.17) is 0 Å². The van der Waals surface area contributed by atoms with Crippen molar-refractivity contribution in [2.45, 2.75) is 29.6 Å². The number of hydrogen-bond acceptors (Lipinski definition) is 1. The maximum Gasteiger partial charge on any atom is 0.0122 e. The number of fused-ring (bicyclic) bond motifs is 2. The first-order valence-electron chi connectivity index (χ1n) is 11.9. The largest absolute Gasteiger partial charge is 0.0901 e. The predicted molar refractivity (Wildman–Crippen MR) is 147 cm³/mol. The average Bonchev–Trinajstić information content (AvgIpc) is 2.90. The summed E-state index contributed by atoms with van der Waals surface area (Å²) in [4.78, 5) is 2.53. The lowest BCUT2D eigenvalue weighted by Crippen LogP contribution is -1.99. The molecule has 0 aliphatic heterocycles. The first-order chi connectivity index (χ1) is 16.8. The minimum atomic E-state index is 1.13. The molecule has 0 amide bonds. The highest BCUT2D eigenvalue weighted by Gasteiger charge is 2.13. The van der Waals surface area contributed by atoms with Crippen molar-refractivity contribution in [1.82, 2.24) is 0 Å². The zero-order chi connectivity index (χ0) is 22.9. The van der Waals surface area contributed by atoms with Gasteiger partial charge in [0.25, 0.3) is 0 Å². The fourth-order valence-electron chi connectivity index (χ4n) is 5.00. The molecule has 0 N–H and O–H groups in total. The molecule has 0 saturated heterocycles. The summed E-state index contributed by atoms with van der Waals surface area (Å²) in [7, 11) is 0. The van der Waals surface area contributed by atoms with Gasteiger partial charge in [0.1, 0.15) is 0 Å². The van der Waals surface area contributed by atoms with Crippen LogP contribution < -0.4 is 0 Å². The molecule has 0 radical (unpaired) electrons. The van der Waals surface area contributed by atoms with Crippen molar-refractivity contribution >= 4 is 28.6 Å². The fraction of sp³-hybridized carbons (Fsp3) is 0.0909. The molecule has 0 fully saturated rings. The van der Waals surface area contributed by atoms with Crippen LogP contribution in [0.3, 0.4) is 0 Å². The molecule has 5 aromatic carbocycles. The van der Waals surface area contributed by atoms with E-state index in [-0.39, 0.29) is 0 Å². The molecule has 1 aliphatic carbocycles. The lowest BCUT2D eigenvalue weighted by atomic mass is 9.87. The van der Waals surface area contributed by atoms with E-state index in [0.29, 0.717) is 0 Å². The van der Waals surface area contributed by atoms with E-state index < -0.39 is 0 Å². The summed E-state index contributed by atoms with van der Waals surface area (Å²) < 4.78 is 0. The van der Waals surface area contributed by atoms with Crippen LogP contribution in [0.15, 0.2) is 119 Å². The van der Waals surface area contributed by atoms with Crippen LogP contribution >= 0.6 is 11.8 Å². The Hall–Kier alpha value is -3.55. The van der Waals surface area contributed by atoms with Crippen molar-refractivity contribution in [3.8, 4) is 22.3 Å². The van der Waals surface area contributed by atoms with Crippen LogP contribution in [0.4, 0.5) is 0 Å². The van der Waals surface area contributed by atoms with E-state index in [9.17, 15) is 0 Å². The molecule has 1 heteroatoms. The van der Waals surface area contributed by atoms with Crippen molar-refractivity contribution in [3.05, 3.63) is 126 Å². The standard InChI is InChI=1S/C33H26S/c1-23-13-22-32(33-11-5-4-9-29(23)33)26-16-20-28(21-17-26)34-27-18-14-25(15-19-27)31-12-6-8-24-7-2-3-10-30(24)31/h2-4,6-10,12-22H,5,11H2,1H3. The lowest BCUT2D eigenvalue weighted by molar-refractivity contribution is 0.983. The Morgan fingerprint density at radius 3 is 2.06 bits per heavy atom. The molecular formula is C33H26S. The third kappa shape index (κ3) is 3.97. The molecule has 0 spiro atoms. The summed E-state index contributed by atoms with van der Waals surface area (Å²) in [6, 6.07) is 37.7. The van der Waals surface area contributed by atoms with E-state index in [2.05, 4.69) is 122 Å². The highest BCUT2D eigenvalue weighted by atomic mass is 32.2. The van der Waals surface area contributed by atoms with E-state index in [1.54, 1.807) is 0 Å². The number of aryl methyl sites for hydroxylation is 1. The second kappa shape index (κ2) is 9.00. The monoisotopic (exact) mass is 454 g/mol. The maximum atomic E-state index is 2.30. The van der Waals surface area contributed by atoms with Gasteiger partial charge >= 0.3 is 0 Å². The Morgan fingerprint density at radius 1 is 0.618 bits per heavy atom. The van der Waals surface area contributed by atoms with Crippen LogP contribution in [0.5, 0.6) is 0 Å². The second-order valence-electron chi connectivity index (χ2n) is 8.94. The lowest BCUT2D eigenvalue weighted by Gasteiger charge is -2.18. The van der Waals surface area contributed by atoms with Crippen molar-refractivity contribution in [1.29, 1.82) is 0 Å². The Morgan fingerprint density at radius 2 is 1.29 bits per heavy atom. The zero-order valence-electron chi connectivity index (χ0n) is 19.3. The van der Waals surface area contributed by atoms with E-state index in [1.807, 2.05) is 11.8 Å². The highest BCUT2D eigenvalue weighted by Crippen LogP contribution is 2.36. The van der Waals surface area contributed by atoms with Gasteiger partial charge in [0.05, 0.1) is 0 Å². The summed E-state index contributed by atoms with van der Waals surface area (Å²) in [5, 5.41) is 2.58. The molecule has 6 rings (SSSR count). The minimum Gasteiger partial charge on any atom is -0.0901 e. The van der Waals surface area contributed by atoms with Gasteiger partial charge in [0.2, 0.25) is 0 Å². The van der Waals surface area contributed by atoms with E-state index >= 15 is 0 Å². The fourth-order valence-corrected chi connectivity index (χ4v) is 5.82. The van der Waals surface area contributed by atoms with Crippen LogP contribution in [0.1, 0.15) is 23.1 Å². The topological polar surface area (TPSA) is 0 Å². The highest BCUT2D eigenvalue weighted by molar-refractivity contribution is 7.99. The summed E-state index contributed by atoms with van der Waals surface area (Å²) in [5.74, 6) is 0. The SMILES string of the molecule is Cc1ccc(-c2ccc(Sc3ccc(-c4cccc5ccccc45)cc3)cc2)c2c1C=CCC2. The summed E-state index contributed by atoms with van der Waals surface area (Å²) in [6.45, 7) is 2.21. The Balaban J connectivity index is 1.23. The molecule has 164 valence electrons. The molecule has 0 nitrogen and oxygen atoms in total. The zero-order valence-corrected chi connectivity index (χ0v) is 20.1. The number of benzene rings is 5. The first kappa shape index (κ1) is 21.0. The van der Waals surface area contributed by atoms with Crippen molar-refractivity contribution in [2.75, 3.05) is 0 Å². The molecule has 0 saturated carbocycles. The Kier molecular flexibility index (Phi) is 5.57. The summed E-state index contributed by atoms with van der Waals surface area (Å²) in [6.07, 6.45) is 6.85. The first-order valence-corrected chi connectivity index (χ1v) is 12.7. The van der Waals surface area contributed by atoms with Crippen molar-refractivity contribution in [2.24, 2.45) is 0 Å². The van der Waals surface area contributed by atoms with Crippen LogP contribution in [-0.4, -0.2) is 0 Å². The van der Waals surface area contributed by atoms with Crippen molar-refractivity contribution < 1.29 is 0 Å². The minimum absolute atomic E-state index is 1.13. The number of allylic oxidation sites excluding steroid dienone is 1. The molecule has 0 aromatic heterocycles. The van der Waals surface area contributed by atoms with Crippen LogP contribution in [0.25, 0.3) is 39.1 Å². The van der Waals surface area contributed by atoms with Gasteiger partial charge in [-0.25, -0.2) is 0 Å². The molecule has 0 bridgehead atoms. The molecule has 1 aliphatic rings. The predicted octanol–water partition coefficient (Wildman–Crippen LogP) is 9.59. The number of rotatable bonds is 4. The molecular weight excluding hydrogens is 428 g/mol. The molecule has 5 aromatic rings. The smallest absolute Gasteiger partial charge is 0.0122 e. The average molecular weight is 455 g/mol. The van der Waals surface area contributed by atoms with Gasteiger partial charge in [-0.2, -0.15) is 0 Å². The van der Waals surface area contributed by atoms with Gasteiger partial charge < -0.3 is 0 Å². The van der Waals surface area contributed by atoms with E-state index in [1.165, 1.54) is 59.5 Å². The van der Waals surface area contributed by atoms with Gasteiger partial charge in [-0.05, 0) is 93.7 Å². The van der Waals surface area contributed by atoms with Gasteiger partial charge in [0, 0.05) is 9.79 Å². The summed E-state index contributed by atoms with van der Waals surface area (Å²) >= 11 is 1.82. The number of hydrogen-bond donors (Lipinski definition) is 0.